The number of aliphatic hydroxyl groups excluding tert-OH is 1. The molecule has 0 bridgehead atoms. The van der Waals surface area contributed by atoms with Gasteiger partial charge in [-0.3, -0.25) is 9.59 Å². The van der Waals surface area contributed by atoms with Crippen molar-refractivity contribution in [2.75, 3.05) is 13.1 Å². The Morgan fingerprint density at radius 2 is 2.00 bits per heavy atom. The minimum absolute atomic E-state index is 0.0649. The number of rotatable bonds is 7. The van der Waals surface area contributed by atoms with Crippen molar-refractivity contribution in [3.05, 3.63) is 22.4 Å². The summed E-state index contributed by atoms with van der Waals surface area (Å²) in [5, 5.41) is 17.2. The number of amides is 2. The molecule has 1 atom stereocenters. The van der Waals surface area contributed by atoms with Crippen molar-refractivity contribution in [2.45, 2.75) is 33.8 Å². The molecule has 0 aliphatic carbocycles. The van der Waals surface area contributed by atoms with Crippen molar-refractivity contribution < 1.29 is 14.7 Å². The third-order valence-electron chi connectivity index (χ3n) is 3.33. The first-order chi connectivity index (χ1) is 9.74. The molecule has 5 nitrogen and oxygen atoms in total. The molecule has 1 aromatic heterocycles. The number of thiophene rings is 1. The fourth-order valence-electron chi connectivity index (χ4n) is 2.05. The lowest BCUT2D eigenvalue weighted by Gasteiger charge is -2.33. The van der Waals surface area contributed by atoms with Crippen LogP contribution in [0.25, 0.3) is 0 Å². The van der Waals surface area contributed by atoms with E-state index in [1.165, 1.54) is 11.3 Å². The zero-order chi connectivity index (χ0) is 16.0. The molecule has 0 aliphatic heterocycles. The summed E-state index contributed by atoms with van der Waals surface area (Å²) < 4.78 is 0. The molecular formula is C15H24N2O3S. The molecule has 0 spiro atoms. The minimum Gasteiger partial charge on any atom is -0.392 e. The molecule has 1 rings (SSSR count). The van der Waals surface area contributed by atoms with E-state index in [0.29, 0.717) is 11.4 Å². The highest BCUT2D eigenvalue weighted by Gasteiger charge is 2.30. The Labute approximate surface area is 129 Å². The van der Waals surface area contributed by atoms with E-state index in [9.17, 15) is 14.7 Å². The van der Waals surface area contributed by atoms with Gasteiger partial charge in [0.05, 0.1) is 17.5 Å². The van der Waals surface area contributed by atoms with Gasteiger partial charge in [-0.2, -0.15) is 0 Å². The van der Waals surface area contributed by atoms with Gasteiger partial charge < -0.3 is 15.7 Å². The number of nitrogens with one attached hydrogen (secondary N) is 2. The summed E-state index contributed by atoms with van der Waals surface area (Å²) in [6, 6.07) is 3.50. The topological polar surface area (TPSA) is 78.4 Å². The summed E-state index contributed by atoms with van der Waals surface area (Å²) in [6.45, 7) is 7.99. The molecule has 0 saturated heterocycles. The van der Waals surface area contributed by atoms with E-state index in [0.717, 1.165) is 0 Å². The van der Waals surface area contributed by atoms with Crippen LogP contribution in [0.5, 0.6) is 0 Å². The Bertz CT molecular complexity index is 469. The fraction of sp³-hybridized carbons (Fsp3) is 0.600. The summed E-state index contributed by atoms with van der Waals surface area (Å²) in [7, 11) is 0. The monoisotopic (exact) mass is 312 g/mol. The Kier molecular flexibility index (Phi) is 6.36. The summed E-state index contributed by atoms with van der Waals surface area (Å²) in [5.41, 5.74) is -0.415. The SMILES string of the molecule is CC(C)C(O)C(C)(C)CNC(=O)CNC(=O)c1cccs1. The van der Waals surface area contributed by atoms with E-state index < -0.39 is 11.5 Å². The van der Waals surface area contributed by atoms with E-state index in [-0.39, 0.29) is 24.3 Å². The predicted octanol–water partition coefficient (Wildman–Crippen LogP) is 1.64. The number of hydrogen-bond acceptors (Lipinski definition) is 4. The maximum Gasteiger partial charge on any atom is 0.261 e. The Morgan fingerprint density at radius 3 is 2.52 bits per heavy atom. The van der Waals surface area contributed by atoms with E-state index in [1.807, 2.05) is 33.1 Å². The predicted molar refractivity (Wildman–Crippen MR) is 84.3 cm³/mol. The van der Waals surface area contributed by atoms with Gasteiger partial charge in [0.15, 0.2) is 0 Å². The van der Waals surface area contributed by atoms with Crippen molar-refractivity contribution >= 4 is 23.2 Å². The van der Waals surface area contributed by atoms with Crippen LogP contribution >= 0.6 is 11.3 Å². The van der Waals surface area contributed by atoms with Crippen molar-refractivity contribution in [3.63, 3.8) is 0 Å². The van der Waals surface area contributed by atoms with Gasteiger partial charge in [-0.25, -0.2) is 0 Å². The molecule has 2 amide bonds. The average Bonchev–Trinajstić information content (AvgIpc) is 2.95. The van der Waals surface area contributed by atoms with Gasteiger partial charge >= 0.3 is 0 Å². The molecular weight excluding hydrogens is 288 g/mol. The Morgan fingerprint density at radius 1 is 1.33 bits per heavy atom. The van der Waals surface area contributed by atoms with Gasteiger partial charge in [0.2, 0.25) is 5.91 Å². The number of aliphatic hydroxyl groups is 1. The fourth-order valence-corrected chi connectivity index (χ4v) is 2.69. The highest BCUT2D eigenvalue weighted by Crippen LogP contribution is 2.24. The van der Waals surface area contributed by atoms with Gasteiger partial charge in [-0.15, -0.1) is 11.3 Å². The van der Waals surface area contributed by atoms with E-state index in [1.54, 1.807) is 12.1 Å². The molecule has 0 saturated carbocycles. The van der Waals surface area contributed by atoms with Crippen LogP contribution in [0.4, 0.5) is 0 Å². The second-order valence-electron chi connectivity index (χ2n) is 6.11. The van der Waals surface area contributed by atoms with E-state index >= 15 is 0 Å². The summed E-state index contributed by atoms with van der Waals surface area (Å²) in [5.74, 6) is -0.388. The maximum atomic E-state index is 11.8. The molecule has 0 aromatic carbocycles. The molecule has 1 unspecified atom stereocenters. The average molecular weight is 312 g/mol. The number of hydrogen-bond donors (Lipinski definition) is 3. The van der Waals surface area contributed by atoms with Crippen molar-refractivity contribution in [1.29, 1.82) is 0 Å². The molecule has 0 aliphatic rings. The van der Waals surface area contributed by atoms with E-state index in [4.69, 9.17) is 0 Å². The van der Waals surface area contributed by atoms with Crippen LogP contribution in [0.2, 0.25) is 0 Å². The Balaban J connectivity index is 2.36. The number of carbonyl (C=O) groups excluding carboxylic acids is 2. The van der Waals surface area contributed by atoms with Crippen molar-refractivity contribution in [3.8, 4) is 0 Å². The highest BCUT2D eigenvalue weighted by molar-refractivity contribution is 7.12. The molecule has 118 valence electrons. The first-order valence-electron chi connectivity index (χ1n) is 7.00. The molecule has 1 heterocycles. The minimum atomic E-state index is -0.501. The van der Waals surface area contributed by atoms with Gasteiger partial charge in [0.1, 0.15) is 0 Å². The van der Waals surface area contributed by atoms with Gasteiger partial charge in [-0.1, -0.05) is 33.8 Å². The molecule has 0 radical (unpaired) electrons. The molecule has 1 aromatic rings. The van der Waals surface area contributed by atoms with Gasteiger partial charge in [-0.05, 0) is 17.4 Å². The van der Waals surface area contributed by atoms with Crippen LogP contribution in [0.15, 0.2) is 17.5 Å². The van der Waals surface area contributed by atoms with Crippen LogP contribution in [0, 0.1) is 11.3 Å². The first kappa shape index (κ1) is 17.7. The maximum absolute atomic E-state index is 11.8. The summed E-state index contributed by atoms with van der Waals surface area (Å²) >= 11 is 1.33. The lowest BCUT2D eigenvalue weighted by molar-refractivity contribution is -0.121. The molecule has 6 heteroatoms. The molecule has 21 heavy (non-hydrogen) atoms. The smallest absolute Gasteiger partial charge is 0.261 e. The zero-order valence-electron chi connectivity index (χ0n) is 13.0. The normalized spacial score (nSPS) is 13.0. The molecule has 3 N–H and O–H groups in total. The lowest BCUT2D eigenvalue weighted by atomic mass is 9.81. The van der Waals surface area contributed by atoms with Crippen LogP contribution in [-0.2, 0) is 4.79 Å². The van der Waals surface area contributed by atoms with Crippen LogP contribution in [0.3, 0.4) is 0 Å². The summed E-state index contributed by atoms with van der Waals surface area (Å²) in [4.78, 5) is 24.0. The first-order valence-corrected chi connectivity index (χ1v) is 7.88. The second kappa shape index (κ2) is 7.56. The van der Waals surface area contributed by atoms with Crippen molar-refractivity contribution in [1.82, 2.24) is 10.6 Å². The van der Waals surface area contributed by atoms with Crippen molar-refractivity contribution in [2.24, 2.45) is 11.3 Å². The quantitative estimate of drug-likeness (QED) is 0.716. The summed E-state index contributed by atoms with van der Waals surface area (Å²) in [6.07, 6.45) is -0.501. The van der Waals surface area contributed by atoms with Gasteiger partial charge in [0, 0.05) is 12.0 Å². The van der Waals surface area contributed by atoms with E-state index in [2.05, 4.69) is 10.6 Å². The van der Waals surface area contributed by atoms with Crippen LogP contribution in [0.1, 0.15) is 37.4 Å². The standard InChI is InChI=1S/C15H24N2O3S/c1-10(2)13(19)15(3,4)9-17-12(18)8-16-14(20)11-6-5-7-21-11/h5-7,10,13,19H,8-9H2,1-4H3,(H,16,20)(H,17,18). The highest BCUT2D eigenvalue weighted by atomic mass is 32.1. The second-order valence-corrected chi connectivity index (χ2v) is 7.06. The lowest BCUT2D eigenvalue weighted by Crippen LogP contribution is -2.46. The van der Waals surface area contributed by atoms with Crippen LogP contribution < -0.4 is 10.6 Å². The third kappa shape index (κ3) is 5.47. The third-order valence-corrected chi connectivity index (χ3v) is 4.20. The largest absolute Gasteiger partial charge is 0.392 e. The van der Waals surface area contributed by atoms with Gasteiger partial charge in [0.25, 0.3) is 5.91 Å². The Hall–Kier alpha value is -1.40. The number of carbonyl (C=O) groups is 2. The molecule has 0 fully saturated rings. The van der Waals surface area contributed by atoms with Crippen LogP contribution in [-0.4, -0.2) is 36.1 Å². The zero-order valence-corrected chi connectivity index (χ0v) is 13.8.